The van der Waals surface area contributed by atoms with Crippen LogP contribution in [0.3, 0.4) is 0 Å². The van der Waals surface area contributed by atoms with Crippen molar-refractivity contribution in [1.29, 1.82) is 0 Å². The molecule has 2 N–H and O–H groups in total. The van der Waals surface area contributed by atoms with Crippen molar-refractivity contribution in [3.8, 4) is 0 Å². The van der Waals surface area contributed by atoms with E-state index in [1.807, 2.05) is 44.2 Å². The van der Waals surface area contributed by atoms with Crippen LogP contribution in [0, 0.1) is 13.8 Å². The summed E-state index contributed by atoms with van der Waals surface area (Å²) in [6, 6.07) is 11.7. The van der Waals surface area contributed by atoms with Crippen LogP contribution in [-0.4, -0.2) is 5.91 Å². The molecule has 1 aliphatic rings. The second-order valence-corrected chi connectivity index (χ2v) is 5.98. The highest BCUT2D eigenvalue weighted by Crippen LogP contribution is 2.34. The minimum absolute atomic E-state index is 0.00817. The summed E-state index contributed by atoms with van der Waals surface area (Å²) in [5, 5.41) is 6.22. The summed E-state index contributed by atoms with van der Waals surface area (Å²) in [7, 11) is 0. The number of anilines is 2. The molecule has 3 rings (SSSR count). The van der Waals surface area contributed by atoms with Crippen molar-refractivity contribution in [2.45, 2.75) is 19.9 Å². The van der Waals surface area contributed by atoms with Crippen molar-refractivity contribution in [3.63, 3.8) is 0 Å². The first-order valence-corrected chi connectivity index (χ1v) is 7.28. The second-order valence-electron chi connectivity index (χ2n) is 5.12. The van der Waals surface area contributed by atoms with E-state index in [-0.39, 0.29) is 11.9 Å². The molecule has 102 valence electrons. The van der Waals surface area contributed by atoms with Gasteiger partial charge in [-0.15, -0.1) is 0 Å². The molecule has 0 saturated carbocycles. The van der Waals surface area contributed by atoms with Crippen molar-refractivity contribution < 1.29 is 4.79 Å². The molecule has 2 aromatic carbocycles. The van der Waals surface area contributed by atoms with Gasteiger partial charge in [0.25, 0.3) is 5.91 Å². The normalized spacial score (nSPS) is 16.8. The van der Waals surface area contributed by atoms with E-state index in [0.717, 1.165) is 32.5 Å². The number of hydrogen-bond acceptors (Lipinski definition) is 2. The van der Waals surface area contributed by atoms with E-state index >= 15 is 0 Å². The van der Waals surface area contributed by atoms with Gasteiger partial charge < -0.3 is 10.6 Å². The van der Waals surface area contributed by atoms with Gasteiger partial charge in [-0.05, 0) is 43.7 Å². The van der Waals surface area contributed by atoms with Gasteiger partial charge in [-0.3, -0.25) is 4.79 Å². The van der Waals surface area contributed by atoms with E-state index in [4.69, 9.17) is 0 Å². The largest absolute Gasteiger partial charge is 0.370 e. The fraction of sp³-hybridized carbons (Fsp3) is 0.188. The highest BCUT2D eigenvalue weighted by atomic mass is 79.9. The van der Waals surface area contributed by atoms with Crippen LogP contribution in [0.1, 0.15) is 22.7 Å². The summed E-state index contributed by atoms with van der Waals surface area (Å²) >= 11 is 3.48. The first-order chi connectivity index (χ1) is 9.54. The zero-order valence-electron chi connectivity index (χ0n) is 11.3. The first kappa shape index (κ1) is 13.2. The third kappa shape index (κ3) is 2.31. The second kappa shape index (κ2) is 4.94. The first-order valence-electron chi connectivity index (χ1n) is 6.49. The Kier molecular flexibility index (Phi) is 3.26. The molecule has 0 aromatic heterocycles. The van der Waals surface area contributed by atoms with Gasteiger partial charge in [0, 0.05) is 21.4 Å². The maximum absolute atomic E-state index is 12.1. The van der Waals surface area contributed by atoms with Crippen molar-refractivity contribution in [2.75, 3.05) is 10.6 Å². The third-order valence-electron chi connectivity index (χ3n) is 3.51. The molecule has 1 heterocycles. The van der Waals surface area contributed by atoms with E-state index in [9.17, 15) is 4.79 Å². The third-order valence-corrected chi connectivity index (χ3v) is 4.40. The van der Waals surface area contributed by atoms with E-state index in [1.54, 1.807) is 0 Å². The summed E-state index contributed by atoms with van der Waals surface area (Å²) in [5.74, 6) is -0.00817. The number of carbonyl (C=O) groups excluding carboxylic acids is 1. The maximum Gasteiger partial charge on any atom is 0.251 e. The van der Waals surface area contributed by atoms with Crippen LogP contribution in [0.15, 0.2) is 40.9 Å². The van der Waals surface area contributed by atoms with Crippen molar-refractivity contribution in [2.24, 2.45) is 0 Å². The molecule has 0 fully saturated rings. The quantitative estimate of drug-likeness (QED) is 0.867. The Morgan fingerprint density at radius 2 is 1.95 bits per heavy atom. The number of hydrogen-bond donors (Lipinski definition) is 2. The summed E-state index contributed by atoms with van der Waals surface area (Å²) in [6.07, 6.45) is 0. The predicted molar refractivity (Wildman–Crippen MR) is 85.1 cm³/mol. The molecule has 20 heavy (non-hydrogen) atoms. The van der Waals surface area contributed by atoms with Crippen LogP contribution < -0.4 is 10.6 Å². The number of amides is 1. The molecule has 1 aliphatic heterocycles. The van der Waals surface area contributed by atoms with Crippen LogP contribution in [0.4, 0.5) is 11.4 Å². The fourth-order valence-corrected chi connectivity index (χ4v) is 2.67. The number of halogens is 1. The highest BCUT2D eigenvalue weighted by Gasteiger charge is 2.30. The number of nitrogens with one attached hydrogen (secondary N) is 2. The monoisotopic (exact) mass is 330 g/mol. The molecule has 0 saturated heterocycles. The molecular weight excluding hydrogens is 316 g/mol. The Balaban J connectivity index is 1.93. The van der Waals surface area contributed by atoms with Gasteiger partial charge in [0.05, 0.1) is 0 Å². The molecule has 4 heteroatoms. The van der Waals surface area contributed by atoms with Crippen molar-refractivity contribution in [1.82, 2.24) is 0 Å². The van der Waals surface area contributed by atoms with Crippen LogP contribution in [0.25, 0.3) is 0 Å². The maximum atomic E-state index is 12.1. The molecule has 0 spiro atoms. The minimum Gasteiger partial charge on any atom is -0.370 e. The molecule has 1 unspecified atom stereocenters. The zero-order chi connectivity index (χ0) is 14.3. The van der Waals surface area contributed by atoms with Gasteiger partial charge in [-0.2, -0.15) is 0 Å². The minimum atomic E-state index is -0.328. The van der Waals surface area contributed by atoms with E-state index < -0.39 is 0 Å². The lowest BCUT2D eigenvalue weighted by Crippen LogP contribution is -2.19. The van der Waals surface area contributed by atoms with E-state index in [1.165, 1.54) is 0 Å². The van der Waals surface area contributed by atoms with Crippen LogP contribution in [0.5, 0.6) is 0 Å². The van der Waals surface area contributed by atoms with Gasteiger partial charge >= 0.3 is 0 Å². The van der Waals surface area contributed by atoms with Crippen LogP contribution >= 0.6 is 15.9 Å². The predicted octanol–water partition coefficient (Wildman–Crippen LogP) is 4.17. The molecule has 1 amide bonds. The molecule has 2 aromatic rings. The lowest BCUT2D eigenvalue weighted by molar-refractivity contribution is -0.116. The molecule has 0 bridgehead atoms. The Morgan fingerprint density at radius 3 is 2.70 bits per heavy atom. The van der Waals surface area contributed by atoms with Crippen LogP contribution in [-0.2, 0) is 4.79 Å². The molecule has 1 atom stereocenters. The lowest BCUT2D eigenvalue weighted by atomic mass is 10.0. The standard InChI is InChI=1S/C16H15BrN2O/c1-9-3-6-14-12(7-9)15(16(20)19-14)18-11-4-5-13(17)10(2)8-11/h3-8,15,18H,1-2H3,(H,19,20). The average molecular weight is 331 g/mol. The number of rotatable bonds is 2. The van der Waals surface area contributed by atoms with E-state index in [2.05, 4.69) is 32.6 Å². The van der Waals surface area contributed by atoms with E-state index in [0.29, 0.717) is 0 Å². The van der Waals surface area contributed by atoms with Gasteiger partial charge in [0.2, 0.25) is 0 Å². The Morgan fingerprint density at radius 1 is 1.15 bits per heavy atom. The average Bonchev–Trinajstić information content (AvgIpc) is 2.70. The lowest BCUT2D eigenvalue weighted by Gasteiger charge is -2.14. The van der Waals surface area contributed by atoms with Gasteiger partial charge in [-0.1, -0.05) is 33.6 Å². The van der Waals surface area contributed by atoms with Gasteiger partial charge in [-0.25, -0.2) is 0 Å². The summed E-state index contributed by atoms with van der Waals surface area (Å²) < 4.78 is 1.06. The van der Waals surface area contributed by atoms with Crippen molar-refractivity contribution >= 4 is 33.2 Å². The number of carbonyl (C=O) groups is 1. The highest BCUT2D eigenvalue weighted by molar-refractivity contribution is 9.10. The fourth-order valence-electron chi connectivity index (χ4n) is 2.43. The van der Waals surface area contributed by atoms with Crippen LogP contribution in [0.2, 0.25) is 0 Å². The molecule has 0 radical (unpaired) electrons. The molecule has 0 aliphatic carbocycles. The molecule has 3 nitrogen and oxygen atoms in total. The summed E-state index contributed by atoms with van der Waals surface area (Å²) in [4.78, 5) is 12.1. The zero-order valence-corrected chi connectivity index (χ0v) is 12.9. The Labute approximate surface area is 126 Å². The SMILES string of the molecule is Cc1ccc2c(c1)C(Nc1ccc(Br)c(C)c1)C(=O)N2. The van der Waals surface area contributed by atoms with Gasteiger partial charge in [0.1, 0.15) is 6.04 Å². The van der Waals surface area contributed by atoms with Gasteiger partial charge in [0.15, 0.2) is 0 Å². The Bertz CT molecular complexity index is 697. The Hall–Kier alpha value is -1.81. The smallest absolute Gasteiger partial charge is 0.251 e. The number of fused-ring (bicyclic) bond motifs is 1. The molecular formula is C16H15BrN2O. The number of benzene rings is 2. The number of aryl methyl sites for hydroxylation is 2. The summed E-state index contributed by atoms with van der Waals surface area (Å²) in [6.45, 7) is 4.06. The summed E-state index contributed by atoms with van der Waals surface area (Å²) in [5.41, 5.74) is 5.14. The topological polar surface area (TPSA) is 41.1 Å². The van der Waals surface area contributed by atoms with Crippen molar-refractivity contribution in [3.05, 3.63) is 57.6 Å².